The summed E-state index contributed by atoms with van der Waals surface area (Å²) in [5, 5.41) is 4.28. The van der Waals surface area contributed by atoms with E-state index < -0.39 is 0 Å². The summed E-state index contributed by atoms with van der Waals surface area (Å²) in [5.41, 5.74) is 0.303. The molecule has 2 nitrogen and oxygen atoms in total. The Hall–Kier alpha value is 0.0700. The minimum absolute atomic E-state index is 0.303. The van der Waals surface area contributed by atoms with Gasteiger partial charge in [-0.05, 0) is 6.42 Å². The zero-order valence-corrected chi connectivity index (χ0v) is 9.73. The Morgan fingerprint density at radius 2 is 2.62 bits per heavy atom. The first-order valence-electron chi connectivity index (χ1n) is 4.37. The Balaban J connectivity index is 2.06. The van der Waals surface area contributed by atoms with Gasteiger partial charge in [-0.2, -0.15) is 0 Å². The van der Waals surface area contributed by atoms with E-state index in [4.69, 9.17) is 4.74 Å². The lowest BCUT2D eigenvalue weighted by Crippen LogP contribution is -2.25. The monoisotopic (exact) mass is 261 g/mol. The highest BCUT2D eigenvalue weighted by molar-refractivity contribution is 9.09. The maximum absolute atomic E-state index is 5.45. The molecule has 0 aromatic carbocycles. The van der Waals surface area contributed by atoms with Gasteiger partial charge in [0, 0.05) is 35.3 Å². The predicted octanol–water partition coefficient (Wildman–Crippen LogP) is 2.49. The van der Waals surface area contributed by atoms with Gasteiger partial charge in [0.25, 0.3) is 0 Å². The Kier molecular flexibility index (Phi) is 3.01. The second kappa shape index (κ2) is 4.07. The molecule has 0 N–H and O–H groups in total. The van der Waals surface area contributed by atoms with Crippen LogP contribution in [-0.2, 0) is 11.2 Å². The minimum Gasteiger partial charge on any atom is -0.381 e. The third-order valence-corrected chi connectivity index (χ3v) is 4.45. The van der Waals surface area contributed by atoms with E-state index in [9.17, 15) is 0 Å². The number of hydrogen-bond acceptors (Lipinski definition) is 3. The van der Waals surface area contributed by atoms with Crippen LogP contribution in [0.15, 0.2) is 11.6 Å². The van der Waals surface area contributed by atoms with Gasteiger partial charge in [0.05, 0.1) is 11.6 Å². The molecule has 0 spiro atoms. The van der Waals surface area contributed by atoms with Crippen molar-refractivity contribution in [3.63, 3.8) is 0 Å². The standard InChI is InChI=1S/C9H12BrNOS/c10-6-9(1-3-12-7-9)5-8-11-2-4-13-8/h2,4H,1,3,5-7H2. The van der Waals surface area contributed by atoms with Crippen molar-refractivity contribution in [3.05, 3.63) is 16.6 Å². The van der Waals surface area contributed by atoms with Gasteiger partial charge in [-0.1, -0.05) is 15.9 Å². The van der Waals surface area contributed by atoms with Crippen molar-refractivity contribution >= 4 is 27.3 Å². The summed E-state index contributed by atoms with van der Waals surface area (Å²) < 4.78 is 5.45. The highest BCUT2D eigenvalue weighted by Crippen LogP contribution is 2.34. The lowest BCUT2D eigenvalue weighted by atomic mass is 9.86. The fraction of sp³-hybridized carbons (Fsp3) is 0.667. The van der Waals surface area contributed by atoms with Crippen molar-refractivity contribution in [1.29, 1.82) is 0 Å². The summed E-state index contributed by atoms with van der Waals surface area (Å²) >= 11 is 5.31. The summed E-state index contributed by atoms with van der Waals surface area (Å²) in [5.74, 6) is 0. The molecule has 0 amide bonds. The molecule has 1 aromatic rings. The van der Waals surface area contributed by atoms with Crippen molar-refractivity contribution in [2.75, 3.05) is 18.5 Å². The maximum atomic E-state index is 5.45. The van der Waals surface area contributed by atoms with Gasteiger partial charge < -0.3 is 4.74 Å². The van der Waals surface area contributed by atoms with Crippen LogP contribution in [0.2, 0.25) is 0 Å². The second-order valence-electron chi connectivity index (χ2n) is 3.54. The van der Waals surface area contributed by atoms with Gasteiger partial charge in [0.1, 0.15) is 0 Å². The molecule has 13 heavy (non-hydrogen) atoms. The molecule has 4 heteroatoms. The molecule has 72 valence electrons. The van der Waals surface area contributed by atoms with E-state index in [1.807, 2.05) is 11.6 Å². The third-order valence-electron chi connectivity index (χ3n) is 2.48. The van der Waals surface area contributed by atoms with Gasteiger partial charge in [0.15, 0.2) is 0 Å². The van der Waals surface area contributed by atoms with Crippen LogP contribution in [0.25, 0.3) is 0 Å². The summed E-state index contributed by atoms with van der Waals surface area (Å²) in [4.78, 5) is 4.31. The van der Waals surface area contributed by atoms with Crippen LogP contribution in [0.3, 0.4) is 0 Å². The quantitative estimate of drug-likeness (QED) is 0.781. The van der Waals surface area contributed by atoms with Crippen LogP contribution in [0.4, 0.5) is 0 Å². The van der Waals surface area contributed by atoms with Crippen molar-refractivity contribution < 1.29 is 4.74 Å². The van der Waals surface area contributed by atoms with Crippen LogP contribution in [0, 0.1) is 5.41 Å². The fourth-order valence-corrected chi connectivity index (χ4v) is 3.03. The Morgan fingerprint density at radius 1 is 1.69 bits per heavy atom. The van der Waals surface area contributed by atoms with E-state index >= 15 is 0 Å². The number of hydrogen-bond donors (Lipinski definition) is 0. The molecule has 0 radical (unpaired) electrons. The van der Waals surface area contributed by atoms with Crippen LogP contribution in [0.5, 0.6) is 0 Å². The molecule has 0 bridgehead atoms. The van der Waals surface area contributed by atoms with E-state index in [-0.39, 0.29) is 0 Å². The first-order valence-corrected chi connectivity index (χ1v) is 6.37. The van der Waals surface area contributed by atoms with Crippen LogP contribution in [-0.4, -0.2) is 23.5 Å². The first kappa shape index (κ1) is 9.62. The van der Waals surface area contributed by atoms with Crippen molar-refractivity contribution in [3.8, 4) is 0 Å². The van der Waals surface area contributed by atoms with Gasteiger partial charge in [0.2, 0.25) is 0 Å². The number of halogens is 1. The highest BCUT2D eigenvalue weighted by Gasteiger charge is 2.34. The average Bonchev–Trinajstić information content (AvgIpc) is 2.77. The third kappa shape index (κ3) is 2.11. The lowest BCUT2D eigenvalue weighted by Gasteiger charge is -2.22. The number of thiazole rings is 1. The number of alkyl halides is 1. The second-order valence-corrected chi connectivity index (χ2v) is 5.08. The van der Waals surface area contributed by atoms with Gasteiger partial charge >= 0.3 is 0 Å². The molecule has 1 saturated heterocycles. The topological polar surface area (TPSA) is 22.1 Å². The van der Waals surface area contributed by atoms with Crippen LogP contribution < -0.4 is 0 Å². The summed E-state index contributed by atoms with van der Waals surface area (Å²) in [6.07, 6.45) is 4.07. The Morgan fingerprint density at radius 3 is 3.15 bits per heavy atom. The van der Waals surface area contributed by atoms with E-state index in [0.717, 1.165) is 31.4 Å². The minimum atomic E-state index is 0.303. The first-order chi connectivity index (χ1) is 6.35. The molecule has 1 unspecified atom stereocenters. The lowest BCUT2D eigenvalue weighted by molar-refractivity contribution is 0.162. The van der Waals surface area contributed by atoms with E-state index in [2.05, 4.69) is 20.9 Å². The number of ether oxygens (including phenoxy) is 1. The Bertz CT molecular complexity index is 257. The predicted molar refractivity (Wildman–Crippen MR) is 57.5 cm³/mol. The summed E-state index contributed by atoms with van der Waals surface area (Å²) in [6.45, 7) is 1.77. The zero-order valence-electron chi connectivity index (χ0n) is 7.33. The summed E-state index contributed by atoms with van der Waals surface area (Å²) in [6, 6.07) is 0. The van der Waals surface area contributed by atoms with Crippen molar-refractivity contribution in [2.24, 2.45) is 5.41 Å². The van der Waals surface area contributed by atoms with E-state index in [0.29, 0.717) is 5.41 Å². The maximum Gasteiger partial charge on any atom is 0.0931 e. The fourth-order valence-electron chi connectivity index (χ4n) is 1.60. The summed E-state index contributed by atoms with van der Waals surface area (Å²) in [7, 11) is 0. The molecule has 1 aliphatic rings. The van der Waals surface area contributed by atoms with Crippen LogP contribution >= 0.6 is 27.3 Å². The number of rotatable bonds is 3. The molecule has 1 atom stereocenters. The molecular weight excluding hydrogens is 250 g/mol. The highest BCUT2D eigenvalue weighted by atomic mass is 79.9. The van der Waals surface area contributed by atoms with Crippen molar-refractivity contribution in [1.82, 2.24) is 4.98 Å². The molecule has 2 heterocycles. The normalized spacial score (nSPS) is 28.1. The van der Waals surface area contributed by atoms with Gasteiger partial charge in [-0.15, -0.1) is 11.3 Å². The molecule has 0 aliphatic carbocycles. The average molecular weight is 262 g/mol. The van der Waals surface area contributed by atoms with E-state index in [1.165, 1.54) is 5.01 Å². The smallest absolute Gasteiger partial charge is 0.0931 e. The molecular formula is C9H12BrNOS. The molecule has 1 aromatic heterocycles. The molecule has 2 rings (SSSR count). The van der Waals surface area contributed by atoms with Crippen LogP contribution in [0.1, 0.15) is 11.4 Å². The van der Waals surface area contributed by atoms with E-state index in [1.54, 1.807) is 11.3 Å². The molecule has 1 fully saturated rings. The molecule has 0 saturated carbocycles. The SMILES string of the molecule is BrCC1(Cc2nccs2)CCOC1. The van der Waals surface area contributed by atoms with Crippen molar-refractivity contribution in [2.45, 2.75) is 12.8 Å². The van der Waals surface area contributed by atoms with Gasteiger partial charge in [-0.25, -0.2) is 4.98 Å². The number of aromatic nitrogens is 1. The number of nitrogens with zero attached hydrogens (tertiary/aromatic N) is 1. The Labute approximate surface area is 90.5 Å². The largest absolute Gasteiger partial charge is 0.381 e. The zero-order chi connectivity index (χ0) is 9.15. The molecule has 1 aliphatic heterocycles. The van der Waals surface area contributed by atoms with Gasteiger partial charge in [-0.3, -0.25) is 0 Å².